The highest BCUT2D eigenvalue weighted by Gasteiger charge is 2.35. The van der Waals surface area contributed by atoms with Gasteiger partial charge in [0.05, 0.1) is 15.4 Å². The molecular weight excluding hydrogens is 472 g/mol. The van der Waals surface area contributed by atoms with Crippen LogP contribution < -0.4 is 10.6 Å². The number of ether oxygens (including phenoxy) is 1. The molecule has 0 aliphatic carbocycles. The van der Waals surface area contributed by atoms with E-state index in [2.05, 4.69) is 10.6 Å². The van der Waals surface area contributed by atoms with Crippen molar-refractivity contribution in [3.63, 3.8) is 0 Å². The Morgan fingerprint density at radius 1 is 0.886 bits per heavy atom. The largest absolute Gasteiger partial charge is 0.452 e. The second-order valence-electron chi connectivity index (χ2n) is 7.94. The molecule has 35 heavy (non-hydrogen) atoms. The molecule has 3 aromatic carbocycles. The molecule has 1 aliphatic heterocycles. The van der Waals surface area contributed by atoms with Gasteiger partial charge in [0.1, 0.15) is 0 Å². The van der Waals surface area contributed by atoms with E-state index in [9.17, 15) is 27.6 Å². The van der Waals surface area contributed by atoms with E-state index in [-0.39, 0.29) is 26.5 Å². The summed E-state index contributed by atoms with van der Waals surface area (Å²) in [7, 11) is -4.03. The number of imide groups is 1. The number of urea groups is 1. The van der Waals surface area contributed by atoms with Crippen LogP contribution in [0.3, 0.4) is 0 Å². The van der Waals surface area contributed by atoms with Crippen LogP contribution in [-0.2, 0) is 19.4 Å². The topological polar surface area (TPSA) is 136 Å². The lowest BCUT2D eigenvalue weighted by Crippen LogP contribution is -2.37. The number of ketones is 1. The number of aryl methyl sites for hydroxylation is 2. The Morgan fingerprint density at radius 2 is 1.60 bits per heavy atom. The minimum Gasteiger partial charge on any atom is -0.452 e. The summed E-state index contributed by atoms with van der Waals surface area (Å²) >= 11 is 0. The smallest absolute Gasteiger partial charge is 0.338 e. The maximum Gasteiger partial charge on any atom is 0.338 e. The highest BCUT2D eigenvalue weighted by atomic mass is 32.2. The van der Waals surface area contributed by atoms with Crippen LogP contribution in [0.1, 0.15) is 37.4 Å². The summed E-state index contributed by atoms with van der Waals surface area (Å²) in [5.74, 6) is -2.34. The number of hydrogen-bond donors (Lipinski definition) is 2. The predicted molar refractivity (Wildman–Crippen MR) is 125 cm³/mol. The molecule has 9 nitrogen and oxygen atoms in total. The molecule has 4 rings (SSSR count). The molecule has 3 aromatic rings. The van der Waals surface area contributed by atoms with Crippen molar-refractivity contribution in [2.75, 3.05) is 11.9 Å². The number of sulfone groups is 1. The van der Waals surface area contributed by atoms with Gasteiger partial charge in [0, 0.05) is 16.8 Å². The quantitative estimate of drug-likeness (QED) is 0.418. The van der Waals surface area contributed by atoms with Crippen molar-refractivity contribution in [2.45, 2.75) is 23.6 Å². The summed E-state index contributed by atoms with van der Waals surface area (Å²) in [5, 5.41) is 4.58. The average molecular weight is 493 g/mol. The molecule has 10 heteroatoms. The van der Waals surface area contributed by atoms with Crippen LogP contribution >= 0.6 is 0 Å². The van der Waals surface area contributed by atoms with E-state index in [1.807, 2.05) is 13.0 Å². The Hall–Kier alpha value is -4.31. The number of hydrogen-bond acceptors (Lipinski definition) is 7. The molecular formula is C25H20N2O7S. The summed E-state index contributed by atoms with van der Waals surface area (Å²) in [4.78, 5) is 48.8. The summed E-state index contributed by atoms with van der Waals surface area (Å²) in [6, 6.07) is 13.9. The summed E-state index contributed by atoms with van der Waals surface area (Å²) in [6.07, 6.45) is 0. The standard InChI is InChI=1S/C25H20N2O7S/c1-14-7-10-19(15(2)11-14)26-25(31)27-22(28)13-34-24(30)16-8-9-18-21(12-16)35(32,33)20-6-4-3-5-17(20)23(18)29/h3-12H,13H2,1-2H3,(H2,26,27,28,31). The maximum absolute atomic E-state index is 13.0. The molecule has 2 N–H and O–H groups in total. The molecule has 0 saturated heterocycles. The number of rotatable bonds is 4. The molecule has 0 atom stereocenters. The van der Waals surface area contributed by atoms with Crippen LogP contribution in [0.15, 0.2) is 70.5 Å². The lowest BCUT2D eigenvalue weighted by Gasteiger charge is -2.19. The number of esters is 1. The third-order valence-electron chi connectivity index (χ3n) is 5.39. The number of nitrogens with one attached hydrogen (secondary N) is 2. The van der Waals surface area contributed by atoms with E-state index >= 15 is 0 Å². The minimum atomic E-state index is -4.03. The first kappa shape index (κ1) is 23.8. The van der Waals surface area contributed by atoms with E-state index in [0.717, 1.165) is 17.2 Å². The Labute approximate surface area is 201 Å². The van der Waals surface area contributed by atoms with Gasteiger partial charge in [-0.05, 0) is 55.8 Å². The van der Waals surface area contributed by atoms with Crippen molar-refractivity contribution in [1.29, 1.82) is 0 Å². The fourth-order valence-corrected chi connectivity index (χ4v) is 5.37. The van der Waals surface area contributed by atoms with Crippen molar-refractivity contribution < 1.29 is 32.3 Å². The zero-order valence-electron chi connectivity index (χ0n) is 18.7. The minimum absolute atomic E-state index is 0.0546. The normalized spacial score (nSPS) is 13.3. The lowest BCUT2D eigenvalue weighted by molar-refractivity contribution is -0.123. The van der Waals surface area contributed by atoms with E-state index in [4.69, 9.17) is 4.74 Å². The molecule has 0 aromatic heterocycles. The van der Waals surface area contributed by atoms with Crippen LogP contribution in [0.4, 0.5) is 10.5 Å². The Kier molecular flexibility index (Phi) is 6.23. The van der Waals surface area contributed by atoms with Gasteiger partial charge in [-0.2, -0.15) is 0 Å². The van der Waals surface area contributed by atoms with E-state index in [1.54, 1.807) is 25.1 Å². The summed E-state index contributed by atoms with van der Waals surface area (Å²) < 4.78 is 30.9. The third-order valence-corrected chi connectivity index (χ3v) is 7.24. The van der Waals surface area contributed by atoms with E-state index in [1.165, 1.54) is 30.3 Å². The van der Waals surface area contributed by atoms with E-state index < -0.39 is 40.1 Å². The van der Waals surface area contributed by atoms with Gasteiger partial charge in [-0.1, -0.05) is 29.8 Å². The van der Waals surface area contributed by atoms with E-state index in [0.29, 0.717) is 5.69 Å². The van der Waals surface area contributed by atoms with Gasteiger partial charge < -0.3 is 10.1 Å². The van der Waals surface area contributed by atoms with Gasteiger partial charge in [-0.25, -0.2) is 18.0 Å². The number of amides is 3. The van der Waals surface area contributed by atoms with Gasteiger partial charge in [0.15, 0.2) is 12.4 Å². The second kappa shape index (κ2) is 9.15. The first-order valence-corrected chi connectivity index (χ1v) is 11.9. The monoisotopic (exact) mass is 492 g/mol. The van der Waals surface area contributed by atoms with Crippen molar-refractivity contribution in [2.24, 2.45) is 0 Å². The molecule has 0 radical (unpaired) electrons. The van der Waals surface area contributed by atoms with Crippen LogP contribution in [0.5, 0.6) is 0 Å². The fraction of sp³-hybridized carbons (Fsp3) is 0.120. The summed E-state index contributed by atoms with van der Waals surface area (Å²) in [5.41, 5.74) is 2.19. The van der Waals surface area contributed by atoms with Gasteiger partial charge >= 0.3 is 12.0 Å². The molecule has 178 valence electrons. The van der Waals surface area contributed by atoms with Crippen LogP contribution in [0, 0.1) is 13.8 Å². The number of carbonyl (C=O) groups is 4. The molecule has 1 heterocycles. The van der Waals surface area contributed by atoms with Crippen molar-refractivity contribution >= 4 is 39.2 Å². The molecule has 1 aliphatic rings. The average Bonchev–Trinajstić information content (AvgIpc) is 2.82. The zero-order chi connectivity index (χ0) is 25.3. The zero-order valence-corrected chi connectivity index (χ0v) is 19.6. The molecule has 0 saturated carbocycles. The van der Waals surface area contributed by atoms with Crippen molar-refractivity contribution in [3.05, 3.63) is 88.5 Å². The Morgan fingerprint density at radius 3 is 2.34 bits per heavy atom. The number of anilines is 1. The summed E-state index contributed by atoms with van der Waals surface area (Å²) in [6.45, 7) is 2.94. The Bertz CT molecular complexity index is 1510. The molecule has 3 amide bonds. The van der Waals surface area contributed by atoms with Gasteiger partial charge in [-0.3, -0.25) is 14.9 Å². The molecule has 0 fully saturated rings. The van der Waals surface area contributed by atoms with Crippen molar-refractivity contribution in [3.8, 4) is 0 Å². The van der Waals surface area contributed by atoms with Crippen LogP contribution in [0.25, 0.3) is 0 Å². The number of carbonyl (C=O) groups excluding carboxylic acids is 4. The first-order valence-electron chi connectivity index (χ1n) is 10.5. The SMILES string of the molecule is Cc1ccc(NC(=O)NC(=O)COC(=O)c2ccc3c(c2)S(=O)(=O)c2ccccc2C3=O)c(C)c1. The van der Waals surface area contributed by atoms with Crippen LogP contribution in [0.2, 0.25) is 0 Å². The highest BCUT2D eigenvalue weighted by Crippen LogP contribution is 2.34. The number of benzene rings is 3. The maximum atomic E-state index is 13.0. The van der Waals surface area contributed by atoms with Crippen molar-refractivity contribution in [1.82, 2.24) is 5.32 Å². The number of fused-ring (bicyclic) bond motifs is 2. The van der Waals surface area contributed by atoms with Gasteiger partial charge in [0.25, 0.3) is 5.91 Å². The lowest BCUT2D eigenvalue weighted by atomic mass is 10.0. The predicted octanol–water partition coefficient (Wildman–Crippen LogP) is 3.19. The first-order chi connectivity index (χ1) is 16.6. The van der Waals surface area contributed by atoms with Gasteiger partial charge in [0.2, 0.25) is 9.84 Å². The third kappa shape index (κ3) is 4.69. The highest BCUT2D eigenvalue weighted by molar-refractivity contribution is 7.91. The second-order valence-corrected chi connectivity index (χ2v) is 9.82. The molecule has 0 bridgehead atoms. The fourth-order valence-electron chi connectivity index (χ4n) is 3.70. The van der Waals surface area contributed by atoms with Crippen LogP contribution in [-0.4, -0.2) is 38.7 Å². The molecule has 0 unspecified atom stereocenters. The molecule has 0 spiro atoms. The Balaban J connectivity index is 1.42. The van der Waals surface area contributed by atoms with Gasteiger partial charge in [-0.15, -0.1) is 0 Å².